The van der Waals surface area contributed by atoms with Crippen LogP contribution in [0.15, 0.2) is 12.2 Å². The quantitative estimate of drug-likeness (QED) is 0.783. The second kappa shape index (κ2) is 7.65. The summed E-state index contributed by atoms with van der Waals surface area (Å²) in [6.45, 7) is 4.48. The molecular formula is C15H26N2O2. The van der Waals surface area contributed by atoms with Crippen LogP contribution in [0.3, 0.4) is 0 Å². The average molecular weight is 266 g/mol. The predicted molar refractivity (Wildman–Crippen MR) is 75.9 cm³/mol. The predicted octanol–water partition coefficient (Wildman–Crippen LogP) is 1.43. The van der Waals surface area contributed by atoms with Crippen molar-refractivity contribution in [2.24, 2.45) is 11.8 Å². The van der Waals surface area contributed by atoms with Crippen LogP contribution in [-0.2, 0) is 9.53 Å². The number of likely N-dealkylation sites (tertiary alicyclic amines) is 1. The van der Waals surface area contributed by atoms with Crippen LogP contribution < -0.4 is 5.32 Å². The SMILES string of the molecule is CNCC1CCCN(C(=O)C=CC2CCOCC2)C1. The fourth-order valence-corrected chi connectivity index (χ4v) is 2.95. The molecule has 2 aliphatic heterocycles. The van der Waals surface area contributed by atoms with Crippen molar-refractivity contribution in [1.82, 2.24) is 10.2 Å². The van der Waals surface area contributed by atoms with Crippen molar-refractivity contribution >= 4 is 5.91 Å². The molecule has 2 rings (SSSR count). The zero-order valence-corrected chi connectivity index (χ0v) is 11.9. The molecule has 1 amide bonds. The van der Waals surface area contributed by atoms with Crippen molar-refractivity contribution in [3.05, 3.63) is 12.2 Å². The maximum absolute atomic E-state index is 12.2. The number of hydrogen-bond donors (Lipinski definition) is 1. The Morgan fingerprint density at radius 3 is 2.89 bits per heavy atom. The average Bonchev–Trinajstić information content (AvgIpc) is 2.46. The molecule has 1 atom stereocenters. The van der Waals surface area contributed by atoms with Gasteiger partial charge in [0, 0.05) is 26.3 Å². The lowest BCUT2D eigenvalue weighted by Gasteiger charge is -2.32. The van der Waals surface area contributed by atoms with Gasteiger partial charge < -0.3 is 15.0 Å². The Morgan fingerprint density at radius 2 is 2.16 bits per heavy atom. The number of piperidine rings is 1. The van der Waals surface area contributed by atoms with Gasteiger partial charge in [0.15, 0.2) is 0 Å². The lowest BCUT2D eigenvalue weighted by atomic mass is 9.97. The van der Waals surface area contributed by atoms with E-state index in [1.54, 1.807) is 6.08 Å². The summed E-state index contributed by atoms with van der Waals surface area (Å²) in [4.78, 5) is 14.2. The molecule has 2 saturated heterocycles. The van der Waals surface area contributed by atoms with Crippen molar-refractivity contribution < 1.29 is 9.53 Å². The van der Waals surface area contributed by atoms with Gasteiger partial charge in [-0.05, 0) is 57.2 Å². The standard InChI is InChI=1S/C15H26N2O2/c1-16-11-14-3-2-8-17(12-14)15(18)5-4-13-6-9-19-10-7-13/h4-5,13-14,16H,2-3,6-12H2,1H3. The van der Waals surface area contributed by atoms with Crippen molar-refractivity contribution in [3.63, 3.8) is 0 Å². The van der Waals surface area contributed by atoms with Gasteiger partial charge in [0.2, 0.25) is 5.91 Å². The Hall–Kier alpha value is -0.870. The molecule has 108 valence electrons. The molecule has 0 spiro atoms. The molecule has 4 heteroatoms. The highest BCUT2D eigenvalue weighted by atomic mass is 16.5. The van der Waals surface area contributed by atoms with E-state index in [2.05, 4.69) is 11.4 Å². The molecular weight excluding hydrogens is 240 g/mol. The zero-order chi connectivity index (χ0) is 13.5. The molecule has 0 aliphatic carbocycles. The Bertz CT molecular complexity index is 309. The molecule has 0 aromatic rings. The maximum atomic E-state index is 12.2. The van der Waals surface area contributed by atoms with E-state index in [-0.39, 0.29) is 5.91 Å². The summed E-state index contributed by atoms with van der Waals surface area (Å²) < 4.78 is 5.33. The summed E-state index contributed by atoms with van der Waals surface area (Å²) in [5.74, 6) is 1.32. The van der Waals surface area contributed by atoms with Gasteiger partial charge in [-0.15, -0.1) is 0 Å². The highest BCUT2D eigenvalue weighted by molar-refractivity contribution is 5.87. The van der Waals surface area contributed by atoms with Crippen molar-refractivity contribution in [2.75, 3.05) is 39.9 Å². The van der Waals surface area contributed by atoms with Crippen molar-refractivity contribution in [2.45, 2.75) is 25.7 Å². The number of carbonyl (C=O) groups excluding carboxylic acids is 1. The van der Waals surface area contributed by atoms with Gasteiger partial charge in [0.05, 0.1) is 0 Å². The zero-order valence-electron chi connectivity index (χ0n) is 11.9. The van der Waals surface area contributed by atoms with E-state index >= 15 is 0 Å². The first kappa shape index (κ1) is 14.5. The highest BCUT2D eigenvalue weighted by Crippen LogP contribution is 2.18. The van der Waals surface area contributed by atoms with Crippen LogP contribution in [0.5, 0.6) is 0 Å². The van der Waals surface area contributed by atoms with E-state index in [4.69, 9.17) is 4.74 Å². The van der Waals surface area contributed by atoms with Gasteiger partial charge in [-0.25, -0.2) is 0 Å². The monoisotopic (exact) mass is 266 g/mol. The lowest BCUT2D eigenvalue weighted by molar-refractivity contribution is -0.127. The summed E-state index contributed by atoms with van der Waals surface area (Å²) in [5.41, 5.74) is 0. The number of nitrogens with zero attached hydrogens (tertiary/aromatic N) is 1. The van der Waals surface area contributed by atoms with E-state index in [0.29, 0.717) is 11.8 Å². The molecule has 1 unspecified atom stereocenters. The molecule has 2 aliphatic rings. The minimum atomic E-state index is 0.187. The second-order valence-electron chi connectivity index (χ2n) is 5.66. The fourth-order valence-electron chi connectivity index (χ4n) is 2.95. The number of ether oxygens (including phenoxy) is 1. The molecule has 0 bridgehead atoms. The Kier molecular flexibility index (Phi) is 5.86. The topological polar surface area (TPSA) is 41.6 Å². The first-order valence-electron chi connectivity index (χ1n) is 7.49. The normalized spacial score (nSPS) is 25.9. The molecule has 19 heavy (non-hydrogen) atoms. The van der Waals surface area contributed by atoms with E-state index in [1.165, 1.54) is 6.42 Å². The number of carbonyl (C=O) groups is 1. The molecule has 2 heterocycles. The van der Waals surface area contributed by atoms with E-state index in [1.807, 2.05) is 11.9 Å². The van der Waals surface area contributed by atoms with Crippen LogP contribution in [0.1, 0.15) is 25.7 Å². The summed E-state index contributed by atoms with van der Waals surface area (Å²) in [7, 11) is 1.98. The molecule has 0 aromatic carbocycles. The summed E-state index contributed by atoms with van der Waals surface area (Å²) in [6.07, 6.45) is 8.33. The van der Waals surface area contributed by atoms with Crippen LogP contribution in [0.25, 0.3) is 0 Å². The Labute approximate surface area is 116 Å². The Balaban J connectivity index is 1.79. The summed E-state index contributed by atoms with van der Waals surface area (Å²) >= 11 is 0. The van der Waals surface area contributed by atoms with Crippen LogP contribution in [0, 0.1) is 11.8 Å². The minimum absolute atomic E-state index is 0.187. The van der Waals surface area contributed by atoms with Gasteiger partial charge in [-0.2, -0.15) is 0 Å². The molecule has 0 radical (unpaired) electrons. The molecule has 1 N–H and O–H groups in total. The van der Waals surface area contributed by atoms with Crippen LogP contribution in [0.2, 0.25) is 0 Å². The van der Waals surface area contributed by atoms with Crippen molar-refractivity contribution in [3.8, 4) is 0 Å². The first-order chi connectivity index (χ1) is 9.29. The van der Waals surface area contributed by atoms with Crippen LogP contribution in [0.4, 0.5) is 0 Å². The summed E-state index contributed by atoms with van der Waals surface area (Å²) in [6, 6.07) is 0. The van der Waals surface area contributed by atoms with E-state index in [9.17, 15) is 4.79 Å². The van der Waals surface area contributed by atoms with Crippen molar-refractivity contribution in [1.29, 1.82) is 0 Å². The lowest BCUT2D eigenvalue weighted by Crippen LogP contribution is -2.41. The Morgan fingerprint density at radius 1 is 1.37 bits per heavy atom. The van der Waals surface area contributed by atoms with E-state index < -0.39 is 0 Å². The summed E-state index contributed by atoms with van der Waals surface area (Å²) in [5, 5.41) is 3.21. The molecule has 2 fully saturated rings. The number of rotatable bonds is 4. The second-order valence-corrected chi connectivity index (χ2v) is 5.66. The molecule has 0 saturated carbocycles. The van der Waals surface area contributed by atoms with Gasteiger partial charge >= 0.3 is 0 Å². The number of nitrogens with one attached hydrogen (secondary N) is 1. The third kappa shape index (κ3) is 4.62. The third-order valence-corrected chi connectivity index (χ3v) is 4.10. The van der Waals surface area contributed by atoms with Crippen LogP contribution >= 0.6 is 0 Å². The minimum Gasteiger partial charge on any atom is -0.381 e. The van der Waals surface area contributed by atoms with E-state index in [0.717, 1.165) is 52.1 Å². The fraction of sp³-hybridized carbons (Fsp3) is 0.800. The third-order valence-electron chi connectivity index (χ3n) is 4.10. The first-order valence-corrected chi connectivity index (χ1v) is 7.49. The van der Waals surface area contributed by atoms with Crippen LogP contribution in [-0.4, -0.2) is 50.7 Å². The van der Waals surface area contributed by atoms with Gasteiger partial charge in [0.25, 0.3) is 0 Å². The van der Waals surface area contributed by atoms with Gasteiger partial charge in [-0.1, -0.05) is 6.08 Å². The molecule has 0 aromatic heterocycles. The number of amides is 1. The highest BCUT2D eigenvalue weighted by Gasteiger charge is 2.22. The smallest absolute Gasteiger partial charge is 0.246 e. The van der Waals surface area contributed by atoms with Gasteiger partial charge in [0.1, 0.15) is 0 Å². The largest absolute Gasteiger partial charge is 0.381 e. The maximum Gasteiger partial charge on any atom is 0.246 e. The number of allylic oxidation sites excluding steroid dienone is 1. The number of hydrogen-bond acceptors (Lipinski definition) is 3. The van der Waals surface area contributed by atoms with Gasteiger partial charge in [-0.3, -0.25) is 4.79 Å². The molecule has 4 nitrogen and oxygen atoms in total.